The van der Waals surface area contributed by atoms with Gasteiger partial charge in [0, 0.05) is 43.8 Å². The molecule has 1 amide bonds. The summed E-state index contributed by atoms with van der Waals surface area (Å²) in [5.74, 6) is -0.437. The summed E-state index contributed by atoms with van der Waals surface area (Å²) in [7, 11) is -2.02. The number of aromatic nitrogens is 1. The zero-order valence-corrected chi connectivity index (χ0v) is 22.8. The second-order valence-corrected chi connectivity index (χ2v) is 11.3. The predicted octanol–water partition coefficient (Wildman–Crippen LogP) is 1.95. The third-order valence-electron chi connectivity index (χ3n) is 6.73. The second-order valence-electron chi connectivity index (χ2n) is 9.21. The molecular weight excluding hydrogens is 527 g/mol. The van der Waals surface area contributed by atoms with Crippen molar-refractivity contribution in [3.8, 4) is 0 Å². The standard InChI is InChI=1S/C26H33FN4O4S.CH2O2/c1-3-19-17-31-11-12-36(34,35)30(2)23-15-20(14-21(19)25(23)31)26(33)29-22(24(32)16-28-10-9-27)13-18-7-5-4-6-8-18;2-1-3/h4-8,14-15,17,22,24,28,32H,3,9-13,16H2,1-2H3,(H,29,33);1H,(H,2,3)/t22-,24+;/m0./s1. The Morgan fingerprint density at radius 2 is 1.92 bits per heavy atom. The van der Waals surface area contributed by atoms with Crippen LogP contribution in [0.25, 0.3) is 10.9 Å². The maximum Gasteiger partial charge on any atom is 0.290 e. The average molecular weight is 563 g/mol. The van der Waals surface area contributed by atoms with Crippen molar-refractivity contribution in [1.82, 2.24) is 15.2 Å². The maximum atomic E-state index is 13.5. The number of alkyl halides is 1. The summed E-state index contributed by atoms with van der Waals surface area (Å²) >= 11 is 0. The molecule has 3 aromatic rings. The number of nitrogens with zero attached hydrogens (tertiary/aromatic N) is 2. The van der Waals surface area contributed by atoms with E-state index in [1.54, 1.807) is 12.1 Å². The number of benzene rings is 2. The normalized spacial score (nSPS) is 15.5. The van der Waals surface area contributed by atoms with Crippen molar-refractivity contribution in [2.24, 2.45) is 0 Å². The number of carbonyl (C=O) groups is 2. The van der Waals surface area contributed by atoms with Gasteiger partial charge in [0.2, 0.25) is 10.0 Å². The molecule has 39 heavy (non-hydrogen) atoms. The number of hydrogen-bond acceptors (Lipinski definition) is 6. The Bertz CT molecular complexity index is 1380. The van der Waals surface area contributed by atoms with Crippen molar-refractivity contribution < 1.29 is 32.6 Å². The number of aliphatic hydroxyl groups is 1. The van der Waals surface area contributed by atoms with E-state index in [0.29, 0.717) is 24.2 Å². The van der Waals surface area contributed by atoms with Crippen LogP contribution in [-0.4, -0.2) is 80.3 Å². The molecule has 0 bridgehead atoms. The van der Waals surface area contributed by atoms with Gasteiger partial charge in [-0.15, -0.1) is 0 Å². The minimum absolute atomic E-state index is 0.0239. The molecule has 212 valence electrons. The zero-order valence-electron chi connectivity index (χ0n) is 22.0. The van der Waals surface area contributed by atoms with E-state index in [2.05, 4.69) is 10.6 Å². The molecule has 2 atom stereocenters. The fourth-order valence-corrected chi connectivity index (χ4v) is 5.82. The molecule has 2 aromatic carbocycles. The smallest absolute Gasteiger partial charge is 0.290 e. The molecule has 0 saturated heterocycles. The first-order chi connectivity index (χ1) is 18.7. The highest BCUT2D eigenvalue weighted by Crippen LogP contribution is 2.35. The lowest BCUT2D eigenvalue weighted by Gasteiger charge is -2.25. The van der Waals surface area contributed by atoms with Crippen LogP contribution < -0.4 is 14.9 Å². The van der Waals surface area contributed by atoms with Crippen molar-refractivity contribution in [1.29, 1.82) is 0 Å². The van der Waals surface area contributed by atoms with Gasteiger partial charge in [0.05, 0.1) is 29.1 Å². The van der Waals surface area contributed by atoms with E-state index in [1.807, 2.05) is 48.0 Å². The average Bonchev–Trinajstić information content (AvgIpc) is 3.25. The van der Waals surface area contributed by atoms with Gasteiger partial charge in [0.15, 0.2) is 0 Å². The van der Waals surface area contributed by atoms with Crippen molar-refractivity contribution >= 4 is 39.0 Å². The first-order valence-corrected chi connectivity index (χ1v) is 14.3. The van der Waals surface area contributed by atoms with Gasteiger partial charge in [0.25, 0.3) is 12.4 Å². The lowest BCUT2D eigenvalue weighted by atomic mass is 10.00. The third kappa shape index (κ3) is 7.14. The van der Waals surface area contributed by atoms with Crippen LogP contribution in [0, 0.1) is 0 Å². The fourth-order valence-electron chi connectivity index (χ4n) is 4.68. The van der Waals surface area contributed by atoms with Gasteiger partial charge >= 0.3 is 0 Å². The Hall–Kier alpha value is -3.48. The van der Waals surface area contributed by atoms with Crippen molar-refractivity contribution in [2.75, 3.05) is 36.9 Å². The summed E-state index contributed by atoms with van der Waals surface area (Å²) in [6.07, 6.45) is 2.12. The van der Waals surface area contributed by atoms with E-state index in [1.165, 1.54) is 11.4 Å². The zero-order chi connectivity index (χ0) is 28.6. The molecule has 0 aliphatic carbocycles. The Balaban J connectivity index is 0.00000134. The molecule has 0 spiro atoms. The molecular formula is C27H35FN4O6S. The van der Waals surface area contributed by atoms with Crippen LogP contribution in [0.15, 0.2) is 48.7 Å². The Kier molecular flexibility index (Phi) is 10.4. The van der Waals surface area contributed by atoms with Crippen LogP contribution >= 0.6 is 0 Å². The SMILES string of the molecule is CCc1cn2c3c(cc(C(=O)N[C@@H](Cc4ccccc4)[C@H](O)CNCCF)cc13)N(C)S(=O)(=O)CC2.O=CO. The van der Waals surface area contributed by atoms with Crippen molar-refractivity contribution in [2.45, 2.75) is 38.5 Å². The van der Waals surface area contributed by atoms with E-state index < -0.39 is 34.8 Å². The van der Waals surface area contributed by atoms with Crippen LogP contribution in [0.3, 0.4) is 0 Å². The molecule has 4 rings (SSSR count). The lowest BCUT2D eigenvalue weighted by Crippen LogP contribution is -2.49. The van der Waals surface area contributed by atoms with Gasteiger partial charge < -0.3 is 25.4 Å². The Labute approximate surface area is 227 Å². The summed E-state index contributed by atoms with van der Waals surface area (Å²) < 4.78 is 41.3. The van der Waals surface area contributed by atoms with E-state index in [9.17, 15) is 22.7 Å². The molecule has 0 radical (unpaired) electrons. The van der Waals surface area contributed by atoms with Gasteiger partial charge in [-0.1, -0.05) is 37.3 Å². The second kappa shape index (κ2) is 13.5. The largest absolute Gasteiger partial charge is 0.483 e. The summed E-state index contributed by atoms with van der Waals surface area (Å²) in [6, 6.07) is 12.2. The highest BCUT2D eigenvalue weighted by molar-refractivity contribution is 7.92. The summed E-state index contributed by atoms with van der Waals surface area (Å²) in [6.45, 7) is 1.80. The highest BCUT2D eigenvalue weighted by Gasteiger charge is 2.29. The molecule has 10 nitrogen and oxygen atoms in total. The van der Waals surface area contributed by atoms with Crippen LogP contribution in [0.2, 0.25) is 0 Å². The molecule has 1 aliphatic rings. The van der Waals surface area contributed by atoms with Gasteiger partial charge in [-0.3, -0.25) is 13.9 Å². The number of hydrogen-bond donors (Lipinski definition) is 4. The number of carboxylic acid groups (broad SMARTS) is 1. The first kappa shape index (κ1) is 30.1. The maximum absolute atomic E-state index is 13.5. The number of aryl methyl sites for hydroxylation is 2. The molecule has 0 fully saturated rings. The van der Waals surface area contributed by atoms with E-state index in [4.69, 9.17) is 9.90 Å². The monoisotopic (exact) mass is 562 g/mol. The number of sulfonamides is 1. The van der Waals surface area contributed by atoms with Gasteiger partial charge in [-0.25, -0.2) is 12.8 Å². The minimum atomic E-state index is -3.53. The van der Waals surface area contributed by atoms with Crippen LogP contribution in [0.5, 0.6) is 0 Å². The van der Waals surface area contributed by atoms with Gasteiger partial charge in [-0.2, -0.15) is 0 Å². The Morgan fingerprint density at radius 3 is 2.56 bits per heavy atom. The molecule has 12 heteroatoms. The van der Waals surface area contributed by atoms with Crippen molar-refractivity contribution in [3.63, 3.8) is 0 Å². The third-order valence-corrected chi connectivity index (χ3v) is 8.46. The number of halogens is 1. The highest BCUT2D eigenvalue weighted by atomic mass is 32.2. The molecule has 0 saturated carbocycles. The van der Waals surface area contributed by atoms with E-state index >= 15 is 0 Å². The van der Waals surface area contributed by atoms with Crippen molar-refractivity contribution in [3.05, 3.63) is 65.4 Å². The molecule has 1 aliphatic heterocycles. The van der Waals surface area contributed by atoms with Gasteiger partial charge in [-0.05, 0) is 36.1 Å². The Morgan fingerprint density at radius 1 is 1.23 bits per heavy atom. The minimum Gasteiger partial charge on any atom is -0.483 e. The number of aliphatic hydroxyl groups excluding tert-OH is 1. The number of carbonyl (C=O) groups excluding carboxylic acids is 1. The number of nitrogens with one attached hydrogen (secondary N) is 2. The summed E-state index contributed by atoms with van der Waals surface area (Å²) in [5.41, 5.74) is 3.54. The number of anilines is 1. The first-order valence-electron chi connectivity index (χ1n) is 12.7. The van der Waals surface area contributed by atoms with Crippen LogP contribution in [0.4, 0.5) is 10.1 Å². The summed E-state index contributed by atoms with van der Waals surface area (Å²) in [5, 5.41) is 24.3. The molecule has 2 heterocycles. The van der Waals surface area contributed by atoms with Crippen LogP contribution in [-0.2, 0) is 34.2 Å². The number of rotatable bonds is 10. The molecule has 1 aromatic heterocycles. The van der Waals surface area contributed by atoms with E-state index in [0.717, 1.165) is 28.5 Å². The topological polar surface area (TPSA) is 141 Å². The quantitative estimate of drug-likeness (QED) is 0.219. The van der Waals surface area contributed by atoms with E-state index in [-0.39, 0.29) is 25.3 Å². The lowest BCUT2D eigenvalue weighted by molar-refractivity contribution is -0.122. The van der Waals surface area contributed by atoms with Crippen LogP contribution in [0.1, 0.15) is 28.4 Å². The molecule has 4 N–H and O–H groups in total. The number of amides is 1. The predicted molar refractivity (Wildman–Crippen MR) is 148 cm³/mol. The van der Waals surface area contributed by atoms with Gasteiger partial charge in [0.1, 0.15) is 6.67 Å². The fraction of sp³-hybridized carbons (Fsp3) is 0.407. The summed E-state index contributed by atoms with van der Waals surface area (Å²) in [4.78, 5) is 21.9. The molecule has 0 unspecified atom stereocenters.